The van der Waals surface area contributed by atoms with Crippen LogP contribution in [0.3, 0.4) is 0 Å². The summed E-state index contributed by atoms with van der Waals surface area (Å²) < 4.78 is 17.1. The van der Waals surface area contributed by atoms with Crippen LogP contribution in [-0.2, 0) is 54.2 Å². The molecule has 0 aliphatic carbocycles. The molecule has 0 bridgehead atoms. The van der Waals surface area contributed by atoms with Gasteiger partial charge in [0.05, 0.1) is 36.9 Å². The first-order chi connectivity index (χ1) is 37.6. The average Bonchev–Trinajstić information content (AvgIpc) is 3.93. The van der Waals surface area contributed by atoms with E-state index in [9.17, 15) is 43.5 Å². The second-order valence-corrected chi connectivity index (χ2v) is 23.9. The molecule has 460 valence electrons. The van der Waals surface area contributed by atoms with E-state index in [4.69, 9.17) is 14.2 Å². The molecule has 1 aromatic heterocycles. The summed E-state index contributed by atoms with van der Waals surface area (Å²) in [6.07, 6.45) is 8.41. The largest absolute Gasteiger partial charge is 0.481 e. The van der Waals surface area contributed by atoms with Gasteiger partial charge in [-0.1, -0.05) is 164 Å². The van der Waals surface area contributed by atoms with Crippen molar-refractivity contribution in [3.8, 4) is 0 Å². The average molecular weight is 1280 g/mol. The molecule has 0 spiro atoms. The number of halogens is 2. The highest BCUT2D eigenvalue weighted by molar-refractivity contribution is 9.12. The fourth-order valence-electron chi connectivity index (χ4n) is 7.59. The Morgan fingerprint density at radius 2 is 1.48 bits per heavy atom. The number of hydrogen-bond acceptors (Lipinski definition) is 14. The summed E-state index contributed by atoms with van der Waals surface area (Å²) in [4.78, 5) is 102. The van der Waals surface area contributed by atoms with Gasteiger partial charge >= 0.3 is 11.9 Å². The maximum absolute atomic E-state index is 13.5. The van der Waals surface area contributed by atoms with Crippen molar-refractivity contribution in [1.82, 2.24) is 30.7 Å². The number of carboxylic acid groups (broad SMARTS) is 1. The molecule has 1 heterocycles. The number of thiazole rings is 1. The van der Waals surface area contributed by atoms with Gasteiger partial charge in [0.15, 0.2) is 6.10 Å². The number of unbranched alkanes of at least 4 members (excludes halogenated alkanes) is 3. The minimum Gasteiger partial charge on any atom is -0.481 e. The van der Waals surface area contributed by atoms with E-state index >= 15 is 0 Å². The number of esters is 1. The van der Waals surface area contributed by atoms with E-state index in [-0.39, 0.29) is 66.2 Å². The van der Waals surface area contributed by atoms with E-state index in [0.29, 0.717) is 43.7 Å². The number of aliphatic carboxylic acids is 1. The Hall–Kier alpha value is -4.15. The predicted molar refractivity (Wildman–Crippen MR) is 328 cm³/mol. The van der Waals surface area contributed by atoms with Crippen molar-refractivity contribution < 1.29 is 57.7 Å². The number of carbonyl (C=O) groups is 8. The first kappa shape index (κ1) is 80.1. The highest BCUT2D eigenvalue weighted by Gasteiger charge is 2.36. The topological polar surface area (TPSA) is 240 Å². The van der Waals surface area contributed by atoms with Gasteiger partial charge in [-0.05, 0) is 77.9 Å². The van der Waals surface area contributed by atoms with E-state index in [1.807, 2.05) is 114 Å². The van der Waals surface area contributed by atoms with Gasteiger partial charge < -0.3 is 45.0 Å². The maximum Gasteiger partial charge on any atom is 0.306 e. The number of rotatable bonds is 35. The molecule has 2 rings (SSSR count). The third-order valence-corrected chi connectivity index (χ3v) is 15.6. The van der Waals surface area contributed by atoms with E-state index in [1.165, 1.54) is 50.5 Å². The summed E-state index contributed by atoms with van der Waals surface area (Å²) in [5.74, 6) is -3.30. The van der Waals surface area contributed by atoms with Crippen LogP contribution in [0, 0.1) is 17.8 Å². The van der Waals surface area contributed by atoms with E-state index in [0.717, 1.165) is 16.7 Å². The van der Waals surface area contributed by atoms with Crippen LogP contribution >= 0.6 is 43.2 Å². The van der Waals surface area contributed by atoms with Crippen molar-refractivity contribution >= 4 is 92.0 Å². The Labute approximate surface area is 501 Å². The number of nitrogens with one attached hydrogen (secondary N) is 3. The summed E-state index contributed by atoms with van der Waals surface area (Å²) in [6, 6.07) is 7.97. The number of alkyl halides is 2. The fraction of sp³-hybridized carbons (Fsp3) is 0.712. The predicted octanol–water partition coefficient (Wildman–Crippen LogP) is 10.8. The number of nitrogens with zero attached hydrogens (tertiary/aromatic N) is 3. The number of carboxylic acids is 1. The molecule has 0 radical (unpaired) electrons. The normalized spacial score (nSPS) is 14.0. The summed E-state index contributed by atoms with van der Waals surface area (Å²) in [6.45, 7) is 31.9. The number of aldehydes is 1. The van der Waals surface area contributed by atoms with Crippen LogP contribution in [0.5, 0.6) is 0 Å². The number of hydrogen-bond donors (Lipinski definition) is 4. The molecule has 8 atom stereocenters. The van der Waals surface area contributed by atoms with Crippen LogP contribution in [-0.4, -0.2) is 148 Å². The Balaban J connectivity index is -0.00000137. The second-order valence-electron chi connectivity index (χ2n) is 20.6. The molecule has 21 heteroatoms. The Bertz CT molecular complexity index is 2020. The zero-order valence-electron chi connectivity index (χ0n) is 51.5. The van der Waals surface area contributed by atoms with Gasteiger partial charge in [0.25, 0.3) is 5.91 Å². The van der Waals surface area contributed by atoms with Crippen molar-refractivity contribution in [2.24, 2.45) is 17.8 Å². The lowest BCUT2D eigenvalue weighted by atomic mass is 9.93. The van der Waals surface area contributed by atoms with Crippen molar-refractivity contribution in [3.63, 3.8) is 0 Å². The van der Waals surface area contributed by atoms with Crippen LogP contribution in [0.25, 0.3) is 0 Å². The highest BCUT2D eigenvalue weighted by Crippen LogP contribution is 2.31. The maximum atomic E-state index is 13.5. The first-order valence-electron chi connectivity index (χ1n) is 28.2. The summed E-state index contributed by atoms with van der Waals surface area (Å²) in [7, 11) is 3.68. The number of likely N-dealkylation sites (N-methyl/N-ethyl adjacent to an activating group) is 1. The molecule has 2 aromatic rings. The lowest BCUT2D eigenvalue weighted by Gasteiger charge is -2.36. The van der Waals surface area contributed by atoms with Crippen LogP contribution in [0.1, 0.15) is 189 Å². The summed E-state index contributed by atoms with van der Waals surface area (Å²) in [5.41, 5.74) is -0.217. The van der Waals surface area contributed by atoms with Gasteiger partial charge in [-0.25, -0.2) is 4.98 Å². The summed E-state index contributed by atoms with van der Waals surface area (Å²) in [5, 5.41) is 20.1. The van der Waals surface area contributed by atoms with E-state index in [1.54, 1.807) is 38.1 Å². The van der Waals surface area contributed by atoms with Crippen LogP contribution in [0.15, 0.2) is 35.7 Å². The third-order valence-electron chi connectivity index (χ3n) is 12.3. The highest BCUT2D eigenvalue weighted by atomic mass is 79.9. The molecule has 0 aliphatic heterocycles. The zero-order chi connectivity index (χ0) is 62.2. The van der Waals surface area contributed by atoms with Gasteiger partial charge in [0, 0.05) is 49.1 Å². The van der Waals surface area contributed by atoms with Crippen LogP contribution in [0.4, 0.5) is 0 Å². The molecule has 6 unspecified atom stereocenters. The molecule has 4 N–H and O–H groups in total. The Kier molecular flexibility index (Phi) is 45.4. The van der Waals surface area contributed by atoms with Gasteiger partial charge in [0.1, 0.15) is 27.9 Å². The molecular weight excluding hydrogens is 1180 g/mol. The second kappa shape index (κ2) is 45.4. The van der Waals surface area contributed by atoms with Gasteiger partial charge in [0.2, 0.25) is 24.6 Å². The third kappa shape index (κ3) is 34.3. The number of ether oxygens (including phenoxy) is 3. The minimum atomic E-state index is -0.946. The number of carbonyl (C=O) groups excluding carboxylic acids is 7. The fourth-order valence-corrected chi connectivity index (χ4v) is 8.91. The Morgan fingerprint density at radius 1 is 0.863 bits per heavy atom. The van der Waals surface area contributed by atoms with Gasteiger partial charge in [-0.3, -0.25) is 38.5 Å². The lowest BCUT2D eigenvalue weighted by Crippen LogP contribution is -2.52. The molecule has 1 aromatic carbocycles. The van der Waals surface area contributed by atoms with E-state index in [2.05, 4.69) is 59.7 Å². The number of aromatic nitrogens is 1. The van der Waals surface area contributed by atoms with E-state index < -0.39 is 58.0 Å². The molecule has 18 nitrogen and oxygen atoms in total. The number of benzene rings is 1. The molecule has 0 aliphatic rings. The van der Waals surface area contributed by atoms with Crippen molar-refractivity contribution in [3.05, 3.63) is 52.0 Å². The van der Waals surface area contributed by atoms with Gasteiger partial charge in [-0.15, -0.1) is 11.3 Å². The number of amides is 5. The minimum absolute atomic E-state index is 0.0338. The standard InChI is InChI=1S/C32H46N4O7S.C16H27Br2NO5.C7H17N.2C2H6/c1-8-20(4)28(33-18-37)31(40)36(7)26(19(2)3)16-27(43-22(6)38)30-35-25(17-44-30)29(39)34-24(14-21(5)32(41)42)15-23-12-10-9-11-13-23;1-12(17)13(18)14(22)19(11-21)9-15(2,3)24-10-16(4,5)23-8-6-7-20;1-3-4-5-6-7-8-2;2*1-2/h9-13,17-21,24,26-28H,8,14-16H2,1-7H3,(H,33,37)(H,34,39)(H,41,42);7,11-13H,6,8-10H2,1-5H3;8H,3-7H2,1-2H3;2*1-2H3/t20-,21?,24?,26?,27?,28-;;;;/m0..../s1. The molecular formula is C59H102Br2N6O12S. The molecule has 80 heavy (non-hydrogen) atoms. The molecule has 0 saturated heterocycles. The number of imide groups is 1. The van der Waals surface area contributed by atoms with Crippen molar-refractivity contribution in [1.29, 1.82) is 0 Å². The lowest BCUT2D eigenvalue weighted by molar-refractivity contribution is -0.150. The SMILES string of the molecule is CC.CC.CC(Br)C(Br)C(=O)N(C=O)CC(C)(C)OCC(C)(C)OCCC=O.CCCCCCNC.CC[C@H](C)[C@H](NC=O)C(=O)N(C)C(CC(OC(C)=O)c1nc(C(=O)NC(Cc2ccccc2)CC(C)C(=O)O)cs1)C(C)C. The molecule has 0 fully saturated rings. The first-order valence-corrected chi connectivity index (χ1v) is 30.9. The quantitative estimate of drug-likeness (QED) is 0.0217. The van der Waals surface area contributed by atoms with Crippen LogP contribution in [0.2, 0.25) is 0 Å². The molecule has 5 amide bonds. The summed E-state index contributed by atoms with van der Waals surface area (Å²) >= 11 is 7.77. The van der Waals surface area contributed by atoms with Crippen LogP contribution < -0.4 is 16.0 Å². The zero-order valence-corrected chi connectivity index (χ0v) is 55.5. The van der Waals surface area contributed by atoms with Crippen molar-refractivity contribution in [2.45, 2.75) is 214 Å². The smallest absolute Gasteiger partial charge is 0.306 e. The van der Waals surface area contributed by atoms with Gasteiger partial charge in [-0.2, -0.15) is 0 Å². The molecule has 0 saturated carbocycles. The Morgan fingerprint density at radius 3 is 1.96 bits per heavy atom. The monoisotopic (exact) mass is 1280 g/mol. The van der Waals surface area contributed by atoms with Crippen molar-refractivity contribution in [2.75, 3.05) is 40.4 Å².